The number of carbonyl (C=O) groups excluding carboxylic acids is 1. The monoisotopic (exact) mass is 471 g/mol. The maximum Gasteiger partial charge on any atom is 0.335 e. The van der Waals surface area contributed by atoms with Crippen LogP contribution in [-0.2, 0) is 31.6 Å². The summed E-state index contributed by atoms with van der Waals surface area (Å²) in [5.74, 6) is -0.632. The summed E-state index contributed by atoms with van der Waals surface area (Å²) in [5.41, 5.74) is 3.69. The van der Waals surface area contributed by atoms with Crippen LogP contribution in [-0.4, -0.2) is 28.9 Å². The molecule has 1 heterocycles. The number of nitrogens with zero attached hydrogens (tertiary/aromatic N) is 2. The second kappa shape index (κ2) is 11.2. The largest absolute Gasteiger partial charge is 0.335 e. The van der Waals surface area contributed by atoms with Gasteiger partial charge in [-0.1, -0.05) is 12.1 Å². The van der Waals surface area contributed by atoms with E-state index in [2.05, 4.69) is 10.4 Å². The molecule has 0 aliphatic rings. The van der Waals surface area contributed by atoms with Gasteiger partial charge in [0.25, 0.3) is 0 Å². The van der Waals surface area contributed by atoms with E-state index in [1.807, 2.05) is 0 Å². The van der Waals surface area contributed by atoms with Crippen LogP contribution in [0.5, 0.6) is 0 Å². The molecule has 0 spiro atoms. The molecule has 1 N–H and O–H groups in total. The Morgan fingerprint density at radius 3 is 2.33 bits per heavy atom. The maximum absolute atomic E-state index is 13.2. The molecule has 7 nitrogen and oxygen atoms in total. The second-order valence-electron chi connectivity index (χ2n) is 7.20. The Hall–Kier alpha value is -3.06. The van der Waals surface area contributed by atoms with E-state index in [0.717, 1.165) is 22.4 Å². The van der Waals surface area contributed by atoms with Crippen LogP contribution in [0.2, 0.25) is 0 Å². The topological polar surface area (TPSA) is 82.5 Å². The summed E-state index contributed by atoms with van der Waals surface area (Å²) in [6, 6.07) is 13.1. The van der Waals surface area contributed by atoms with Crippen LogP contribution < -0.4 is 5.32 Å². The van der Waals surface area contributed by atoms with Crippen molar-refractivity contribution in [2.24, 2.45) is 7.05 Å². The van der Waals surface area contributed by atoms with Crippen LogP contribution in [0.15, 0.2) is 60.8 Å². The van der Waals surface area contributed by atoms with Gasteiger partial charge in [0.15, 0.2) is 0 Å². The summed E-state index contributed by atoms with van der Waals surface area (Å²) in [6.07, 6.45) is 4.88. The minimum Gasteiger partial charge on any atom is -0.323 e. The van der Waals surface area contributed by atoms with Gasteiger partial charge in [-0.2, -0.15) is 5.10 Å². The van der Waals surface area contributed by atoms with Gasteiger partial charge in [0.05, 0.1) is 31.3 Å². The quantitative estimate of drug-likeness (QED) is 0.306. The molecule has 2 aromatic carbocycles. The van der Waals surface area contributed by atoms with Gasteiger partial charge in [-0.05, 0) is 61.9 Å². The zero-order chi connectivity index (χ0) is 23.8. The standard InChI is InChI=1S/C24H27FN3O4P/c1-4-31-33(30,32-5-2)17-18-6-13-22(14-7-18)27-23(29)15-10-20-16-26-28(3)24(20)19-8-11-21(25)12-9-19/h6-16H,4-5,17H2,1-3H3,(H,27,29)/b15-10+. The molecule has 0 aliphatic heterocycles. The van der Waals surface area contributed by atoms with Gasteiger partial charge in [0, 0.05) is 29.9 Å². The van der Waals surface area contributed by atoms with Gasteiger partial charge in [-0.3, -0.25) is 14.0 Å². The lowest BCUT2D eigenvalue weighted by Gasteiger charge is -2.17. The predicted molar refractivity (Wildman–Crippen MR) is 127 cm³/mol. The first-order chi connectivity index (χ1) is 15.8. The molecule has 1 aromatic heterocycles. The molecule has 33 heavy (non-hydrogen) atoms. The number of hydrogen-bond donors (Lipinski definition) is 1. The fourth-order valence-electron chi connectivity index (χ4n) is 3.33. The van der Waals surface area contributed by atoms with Crippen LogP contribution >= 0.6 is 7.60 Å². The molecule has 0 saturated carbocycles. The molecule has 0 fully saturated rings. The Morgan fingerprint density at radius 2 is 1.73 bits per heavy atom. The van der Waals surface area contributed by atoms with Crippen molar-refractivity contribution in [1.29, 1.82) is 0 Å². The minimum atomic E-state index is -3.19. The van der Waals surface area contributed by atoms with Crippen molar-refractivity contribution in [2.75, 3.05) is 18.5 Å². The van der Waals surface area contributed by atoms with E-state index in [-0.39, 0.29) is 17.9 Å². The van der Waals surface area contributed by atoms with E-state index in [4.69, 9.17) is 9.05 Å². The number of halogens is 1. The van der Waals surface area contributed by atoms with Crippen molar-refractivity contribution < 1.29 is 22.8 Å². The first-order valence-electron chi connectivity index (χ1n) is 10.6. The van der Waals surface area contributed by atoms with Crippen molar-refractivity contribution in [3.63, 3.8) is 0 Å². The molecule has 0 radical (unpaired) electrons. The van der Waals surface area contributed by atoms with E-state index in [1.165, 1.54) is 18.2 Å². The Bertz CT molecular complexity index is 1150. The van der Waals surface area contributed by atoms with Gasteiger partial charge in [0.2, 0.25) is 5.91 Å². The number of anilines is 1. The van der Waals surface area contributed by atoms with Crippen LogP contribution in [0, 0.1) is 5.82 Å². The molecule has 9 heteroatoms. The third-order valence-electron chi connectivity index (χ3n) is 4.75. The molecule has 0 saturated heterocycles. The van der Waals surface area contributed by atoms with Crippen molar-refractivity contribution in [3.05, 3.63) is 77.7 Å². The van der Waals surface area contributed by atoms with E-state index in [9.17, 15) is 13.8 Å². The molecular weight excluding hydrogens is 444 g/mol. The summed E-state index contributed by atoms with van der Waals surface area (Å²) >= 11 is 0. The van der Waals surface area contributed by atoms with Crippen LogP contribution in [0.1, 0.15) is 25.0 Å². The minimum absolute atomic E-state index is 0.163. The molecule has 1 amide bonds. The smallest absolute Gasteiger partial charge is 0.323 e. The zero-order valence-corrected chi connectivity index (χ0v) is 19.7. The van der Waals surface area contributed by atoms with Crippen LogP contribution in [0.3, 0.4) is 0 Å². The van der Waals surface area contributed by atoms with Crippen LogP contribution in [0.4, 0.5) is 10.1 Å². The normalized spacial score (nSPS) is 11.8. The highest BCUT2D eigenvalue weighted by molar-refractivity contribution is 7.53. The number of benzene rings is 2. The maximum atomic E-state index is 13.2. The van der Waals surface area contributed by atoms with Crippen molar-refractivity contribution in [1.82, 2.24) is 9.78 Å². The summed E-state index contributed by atoms with van der Waals surface area (Å²) in [7, 11) is -1.40. The first-order valence-corrected chi connectivity index (χ1v) is 12.3. The number of aryl methyl sites for hydroxylation is 1. The second-order valence-corrected chi connectivity index (χ2v) is 9.26. The summed E-state index contributed by atoms with van der Waals surface area (Å²) in [5, 5.41) is 7.03. The Labute approximate surface area is 192 Å². The third-order valence-corrected chi connectivity index (χ3v) is 6.80. The Morgan fingerprint density at radius 1 is 1.09 bits per heavy atom. The molecule has 0 bridgehead atoms. The zero-order valence-electron chi connectivity index (χ0n) is 18.8. The number of nitrogens with one attached hydrogen (secondary N) is 1. The highest BCUT2D eigenvalue weighted by Gasteiger charge is 2.23. The molecule has 0 aliphatic carbocycles. The van der Waals surface area contributed by atoms with Gasteiger partial charge in [0.1, 0.15) is 5.82 Å². The molecule has 174 valence electrons. The molecular formula is C24H27FN3O4P. The molecule has 0 atom stereocenters. The molecule has 3 aromatic rings. The fraction of sp³-hybridized carbons (Fsp3) is 0.250. The lowest BCUT2D eigenvalue weighted by atomic mass is 10.1. The van der Waals surface area contributed by atoms with Gasteiger partial charge >= 0.3 is 7.60 Å². The van der Waals surface area contributed by atoms with Crippen LogP contribution in [0.25, 0.3) is 17.3 Å². The number of aromatic nitrogens is 2. The predicted octanol–water partition coefficient (Wildman–Crippen LogP) is 5.64. The lowest BCUT2D eigenvalue weighted by molar-refractivity contribution is -0.111. The van der Waals surface area contributed by atoms with Gasteiger partial charge in [-0.15, -0.1) is 0 Å². The third kappa shape index (κ3) is 6.71. The average Bonchev–Trinajstić information content (AvgIpc) is 3.15. The Kier molecular flexibility index (Phi) is 8.33. The van der Waals surface area contributed by atoms with Crippen molar-refractivity contribution in [3.8, 4) is 11.3 Å². The fourth-order valence-corrected chi connectivity index (χ4v) is 5.03. The highest BCUT2D eigenvalue weighted by Crippen LogP contribution is 2.51. The lowest BCUT2D eigenvalue weighted by Crippen LogP contribution is -2.07. The number of amides is 1. The summed E-state index contributed by atoms with van der Waals surface area (Å²) in [4.78, 5) is 12.4. The van der Waals surface area contributed by atoms with Gasteiger partial charge in [-0.25, -0.2) is 4.39 Å². The molecule has 3 rings (SSSR count). The average molecular weight is 471 g/mol. The number of hydrogen-bond acceptors (Lipinski definition) is 5. The number of rotatable bonds is 10. The van der Waals surface area contributed by atoms with E-state index < -0.39 is 7.60 Å². The van der Waals surface area contributed by atoms with E-state index in [1.54, 1.807) is 74.2 Å². The van der Waals surface area contributed by atoms with Crippen molar-refractivity contribution >= 4 is 25.3 Å². The SMILES string of the molecule is CCOP(=O)(Cc1ccc(NC(=O)/C=C/c2cnn(C)c2-c2ccc(F)cc2)cc1)OCC. The summed E-state index contributed by atoms with van der Waals surface area (Å²) < 4.78 is 38.2. The van der Waals surface area contributed by atoms with E-state index >= 15 is 0 Å². The van der Waals surface area contributed by atoms with Crippen molar-refractivity contribution in [2.45, 2.75) is 20.0 Å². The highest BCUT2D eigenvalue weighted by atomic mass is 31.2. The number of carbonyl (C=O) groups is 1. The van der Waals surface area contributed by atoms with E-state index in [0.29, 0.717) is 18.9 Å². The molecule has 0 unspecified atom stereocenters. The Balaban J connectivity index is 1.66. The van der Waals surface area contributed by atoms with Gasteiger partial charge < -0.3 is 14.4 Å². The first kappa shape index (κ1) is 24.6. The summed E-state index contributed by atoms with van der Waals surface area (Å²) in [6.45, 7) is 4.15.